The molecule has 2 aromatic carbocycles. The van der Waals surface area contributed by atoms with Crippen molar-refractivity contribution in [1.82, 2.24) is 14.8 Å². The number of halogens is 1. The Kier molecular flexibility index (Phi) is 6.81. The van der Waals surface area contributed by atoms with E-state index in [1.54, 1.807) is 29.4 Å². The summed E-state index contributed by atoms with van der Waals surface area (Å²) in [5, 5.41) is 12.1. The van der Waals surface area contributed by atoms with Crippen molar-refractivity contribution < 1.29 is 9.59 Å². The molecule has 0 atom stereocenters. The quantitative estimate of drug-likeness (QED) is 0.498. The maximum Gasteiger partial charge on any atom is 0.234 e. The second-order valence-electron chi connectivity index (χ2n) is 7.88. The maximum atomic E-state index is 12.5. The van der Waals surface area contributed by atoms with E-state index in [0.717, 1.165) is 12.1 Å². The fourth-order valence-electron chi connectivity index (χ4n) is 3.55. The Morgan fingerprint density at radius 2 is 2.00 bits per heavy atom. The van der Waals surface area contributed by atoms with E-state index in [0.29, 0.717) is 40.4 Å². The number of amides is 2. The number of thioether (sulfide) groups is 1. The van der Waals surface area contributed by atoms with Crippen molar-refractivity contribution in [3.8, 4) is 5.69 Å². The number of benzene rings is 2. The van der Waals surface area contributed by atoms with E-state index in [4.69, 9.17) is 11.6 Å². The summed E-state index contributed by atoms with van der Waals surface area (Å²) in [6.45, 7) is 4.97. The number of carbonyl (C=O) groups is 2. The van der Waals surface area contributed by atoms with Gasteiger partial charge < -0.3 is 10.2 Å². The van der Waals surface area contributed by atoms with Crippen LogP contribution in [0.1, 0.15) is 38.2 Å². The molecular formula is C23H24ClN5O2S. The van der Waals surface area contributed by atoms with Crippen LogP contribution in [0, 0.1) is 0 Å². The topological polar surface area (TPSA) is 80.1 Å². The maximum absolute atomic E-state index is 12.5. The molecule has 1 aromatic heterocycles. The van der Waals surface area contributed by atoms with Gasteiger partial charge in [0.2, 0.25) is 11.8 Å². The molecule has 1 fully saturated rings. The Morgan fingerprint density at radius 3 is 2.66 bits per heavy atom. The SMILES string of the molecule is CC(C)c1ccc(-n2cnnc2SCC(=O)Nc2ccc(N3CCCC3=O)c(Cl)c2)cc1. The molecule has 0 aliphatic carbocycles. The average molecular weight is 470 g/mol. The van der Waals surface area contributed by atoms with Crippen LogP contribution in [-0.4, -0.2) is 38.9 Å². The van der Waals surface area contributed by atoms with E-state index in [2.05, 4.69) is 41.5 Å². The van der Waals surface area contributed by atoms with E-state index in [1.807, 2.05) is 16.7 Å². The molecule has 9 heteroatoms. The van der Waals surface area contributed by atoms with E-state index in [9.17, 15) is 9.59 Å². The zero-order valence-electron chi connectivity index (χ0n) is 17.9. The standard InChI is InChI=1S/C23H24ClN5O2S/c1-15(2)16-5-8-18(9-6-16)29-14-25-27-23(29)32-13-21(30)26-17-7-10-20(19(24)12-17)28-11-3-4-22(28)31/h5-10,12,14-15H,3-4,11,13H2,1-2H3,(H,26,30). The van der Waals surface area contributed by atoms with E-state index in [-0.39, 0.29) is 17.6 Å². The first-order valence-electron chi connectivity index (χ1n) is 10.5. The third kappa shape index (κ3) is 4.97. The molecule has 1 N–H and O–H groups in total. The summed E-state index contributed by atoms with van der Waals surface area (Å²) in [6.07, 6.45) is 3.01. The Bertz CT molecular complexity index is 1130. The van der Waals surface area contributed by atoms with Crippen LogP contribution >= 0.6 is 23.4 Å². The molecule has 7 nitrogen and oxygen atoms in total. The molecule has 1 aliphatic heterocycles. The Morgan fingerprint density at radius 1 is 1.22 bits per heavy atom. The lowest BCUT2D eigenvalue weighted by Crippen LogP contribution is -2.24. The fraction of sp³-hybridized carbons (Fsp3) is 0.304. The monoisotopic (exact) mass is 469 g/mol. The van der Waals surface area contributed by atoms with Gasteiger partial charge in [-0.3, -0.25) is 14.2 Å². The molecule has 1 aliphatic rings. The van der Waals surface area contributed by atoms with Crippen molar-refractivity contribution in [2.24, 2.45) is 0 Å². The second-order valence-corrected chi connectivity index (χ2v) is 9.23. The van der Waals surface area contributed by atoms with Crippen molar-refractivity contribution >= 4 is 46.6 Å². The van der Waals surface area contributed by atoms with Crippen LogP contribution in [0.5, 0.6) is 0 Å². The summed E-state index contributed by atoms with van der Waals surface area (Å²) in [5.74, 6) is 0.525. The lowest BCUT2D eigenvalue weighted by Gasteiger charge is -2.18. The first-order chi connectivity index (χ1) is 15.4. The van der Waals surface area contributed by atoms with Gasteiger partial charge in [0.1, 0.15) is 6.33 Å². The van der Waals surface area contributed by atoms with Gasteiger partial charge in [0.25, 0.3) is 0 Å². The molecule has 32 heavy (non-hydrogen) atoms. The van der Waals surface area contributed by atoms with Crippen LogP contribution in [0.15, 0.2) is 53.9 Å². The van der Waals surface area contributed by atoms with Gasteiger partial charge in [-0.25, -0.2) is 0 Å². The van der Waals surface area contributed by atoms with Gasteiger partial charge >= 0.3 is 0 Å². The van der Waals surface area contributed by atoms with Crippen LogP contribution in [0.2, 0.25) is 5.02 Å². The van der Waals surface area contributed by atoms with Crippen molar-refractivity contribution in [3.05, 3.63) is 59.4 Å². The summed E-state index contributed by atoms with van der Waals surface area (Å²) in [7, 11) is 0. The summed E-state index contributed by atoms with van der Waals surface area (Å²) >= 11 is 7.67. The van der Waals surface area contributed by atoms with Gasteiger partial charge in [-0.1, -0.05) is 49.3 Å². The zero-order valence-corrected chi connectivity index (χ0v) is 19.5. The van der Waals surface area contributed by atoms with E-state index < -0.39 is 0 Å². The number of nitrogens with zero attached hydrogens (tertiary/aromatic N) is 4. The van der Waals surface area contributed by atoms with E-state index in [1.165, 1.54) is 17.3 Å². The van der Waals surface area contributed by atoms with Gasteiger partial charge in [-0.15, -0.1) is 10.2 Å². The number of anilines is 2. The highest BCUT2D eigenvalue weighted by Gasteiger charge is 2.23. The largest absolute Gasteiger partial charge is 0.325 e. The van der Waals surface area contributed by atoms with Crippen molar-refractivity contribution in [2.45, 2.75) is 37.8 Å². The van der Waals surface area contributed by atoms with Crippen molar-refractivity contribution in [1.29, 1.82) is 0 Å². The first-order valence-corrected chi connectivity index (χ1v) is 11.8. The smallest absolute Gasteiger partial charge is 0.234 e. The molecule has 0 unspecified atom stereocenters. The van der Waals surface area contributed by atoms with Gasteiger partial charge in [0, 0.05) is 24.3 Å². The lowest BCUT2D eigenvalue weighted by molar-refractivity contribution is -0.117. The van der Waals surface area contributed by atoms with Crippen LogP contribution in [0.4, 0.5) is 11.4 Å². The van der Waals surface area contributed by atoms with Crippen molar-refractivity contribution in [3.63, 3.8) is 0 Å². The molecule has 0 spiro atoms. The Balaban J connectivity index is 1.37. The molecular weight excluding hydrogens is 446 g/mol. The highest BCUT2D eigenvalue weighted by Crippen LogP contribution is 2.32. The third-order valence-corrected chi connectivity index (χ3v) is 6.53. The zero-order chi connectivity index (χ0) is 22.7. The minimum absolute atomic E-state index is 0.0723. The minimum atomic E-state index is -0.180. The van der Waals surface area contributed by atoms with Gasteiger partial charge in [-0.2, -0.15) is 0 Å². The number of hydrogen-bond donors (Lipinski definition) is 1. The highest BCUT2D eigenvalue weighted by molar-refractivity contribution is 7.99. The lowest BCUT2D eigenvalue weighted by atomic mass is 10.0. The molecule has 2 heterocycles. The highest BCUT2D eigenvalue weighted by atomic mass is 35.5. The van der Waals surface area contributed by atoms with Crippen LogP contribution < -0.4 is 10.2 Å². The van der Waals surface area contributed by atoms with Crippen LogP contribution in [-0.2, 0) is 9.59 Å². The second kappa shape index (κ2) is 9.75. The average Bonchev–Trinajstić information content (AvgIpc) is 3.41. The summed E-state index contributed by atoms with van der Waals surface area (Å²) in [6, 6.07) is 13.4. The number of carbonyl (C=O) groups excluding carboxylic acids is 2. The predicted octanol–water partition coefficient (Wildman–Crippen LogP) is 4.90. The van der Waals surface area contributed by atoms with Gasteiger partial charge in [0.15, 0.2) is 5.16 Å². The molecule has 3 aromatic rings. The molecule has 1 saturated heterocycles. The molecule has 0 bridgehead atoms. The predicted molar refractivity (Wildman–Crippen MR) is 128 cm³/mol. The van der Waals surface area contributed by atoms with Crippen molar-refractivity contribution in [2.75, 3.05) is 22.5 Å². The van der Waals surface area contributed by atoms with Gasteiger partial charge in [-0.05, 0) is 48.2 Å². The molecule has 166 valence electrons. The first kappa shape index (κ1) is 22.4. The number of nitrogens with one attached hydrogen (secondary N) is 1. The molecule has 0 radical (unpaired) electrons. The summed E-state index contributed by atoms with van der Waals surface area (Å²) < 4.78 is 1.86. The van der Waals surface area contributed by atoms with Crippen LogP contribution in [0.3, 0.4) is 0 Å². The van der Waals surface area contributed by atoms with Crippen LogP contribution in [0.25, 0.3) is 5.69 Å². The number of aromatic nitrogens is 3. The Hall–Kier alpha value is -2.84. The molecule has 2 amide bonds. The fourth-order valence-corrected chi connectivity index (χ4v) is 4.56. The normalized spacial score (nSPS) is 13.8. The molecule has 4 rings (SSSR count). The number of hydrogen-bond acceptors (Lipinski definition) is 5. The Labute approximate surface area is 196 Å². The summed E-state index contributed by atoms with van der Waals surface area (Å²) in [5.41, 5.74) is 3.47. The van der Waals surface area contributed by atoms with Gasteiger partial charge in [0.05, 0.1) is 16.5 Å². The molecule has 0 saturated carbocycles. The third-order valence-electron chi connectivity index (χ3n) is 5.28. The number of rotatable bonds is 7. The van der Waals surface area contributed by atoms with E-state index >= 15 is 0 Å². The summed E-state index contributed by atoms with van der Waals surface area (Å²) in [4.78, 5) is 26.1. The minimum Gasteiger partial charge on any atom is -0.325 e.